The number of benzene rings is 1. The zero-order valence-electron chi connectivity index (χ0n) is 17.5. The molecule has 0 aliphatic carbocycles. The van der Waals surface area contributed by atoms with Crippen molar-refractivity contribution >= 4 is 22.9 Å². The number of hydrogen-bond acceptors (Lipinski definition) is 6. The lowest BCUT2D eigenvalue weighted by molar-refractivity contribution is -0.134. The van der Waals surface area contributed by atoms with Crippen LogP contribution in [0.4, 0.5) is 23.5 Å². The molecule has 3 aromatic rings. The van der Waals surface area contributed by atoms with Gasteiger partial charge in [0.1, 0.15) is 16.5 Å². The molecule has 174 valence electrons. The first-order valence-electron chi connectivity index (χ1n) is 10.1. The van der Waals surface area contributed by atoms with Crippen molar-refractivity contribution < 1.29 is 22.7 Å². The Morgan fingerprint density at radius 1 is 1.15 bits per heavy atom. The molecule has 1 unspecified atom stereocenters. The lowest BCUT2D eigenvalue weighted by Gasteiger charge is -2.32. The summed E-state index contributed by atoms with van der Waals surface area (Å²) in [5.74, 6) is -0.133. The molecule has 0 spiro atoms. The highest BCUT2D eigenvalue weighted by Gasteiger charge is 2.32. The van der Waals surface area contributed by atoms with Crippen molar-refractivity contribution in [1.29, 1.82) is 0 Å². The standard InChI is InChI=1S/C22H20F4N4O2S/c1-13-27-20(28-21(32)30(13)11-17-6-7-19(33-17)22(24,25)26)29-9-8-18(15(10-29)12-31)14-2-4-16(23)5-3-14/h2-8,15,31H,9-12H2,1H3. The minimum absolute atomic E-state index is 0.0560. The zero-order valence-corrected chi connectivity index (χ0v) is 18.3. The highest BCUT2D eigenvalue weighted by atomic mass is 32.1. The van der Waals surface area contributed by atoms with Gasteiger partial charge in [0, 0.05) is 23.9 Å². The van der Waals surface area contributed by atoms with Crippen LogP contribution in [-0.4, -0.2) is 39.3 Å². The Morgan fingerprint density at radius 2 is 1.88 bits per heavy atom. The molecular weight excluding hydrogens is 460 g/mol. The van der Waals surface area contributed by atoms with E-state index in [2.05, 4.69) is 9.97 Å². The molecule has 0 radical (unpaired) electrons. The van der Waals surface area contributed by atoms with Crippen LogP contribution in [0.2, 0.25) is 0 Å². The zero-order chi connectivity index (χ0) is 23.8. The predicted octanol–water partition coefficient (Wildman–Crippen LogP) is 3.73. The summed E-state index contributed by atoms with van der Waals surface area (Å²) < 4.78 is 53.0. The second-order valence-electron chi connectivity index (χ2n) is 7.65. The van der Waals surface area contributed by atoms with Crippen LogP contribution in [-0.2, 0) is 12.7 Å². The lowest BCUT2D eigenvalue weighted by atomic mass is 9.90. The Kier molecular flexibility index (Phi) is 6.35. The third-order valence-corrected chi connectivity index (χ3v) is 6.54. The van der Waals surface area contributed by atoms with Gasteiger partial charge in [-0.3, -0.25) is 4.57 Å². The topological polar surface area (TPSA) is 71.2 Å². The molecule has 1 aromatic carbocycles. The van der Waals surface area contributed by atoms with Crippen LogP contribution in [0, 0.1) is 18.7 Å². The normalized spacial score (nSPS) is 16.7. The number of aromatic nitrogens is 3. The maximum absolute atomic E-state index is 13.2. The Morgan fingerprint density at radius 3 is 2.48 bits per heavy atom. The molecular formula is C22H20F4N4O2S. The molecule has 4 rings (SSSR count). The van der Waals surface area contributed by atoms with Crippen molar-refractivity contribution in [3.63, 3.8) is 0 Å². The summed E-state index contributed by atoms with van der Waals surface area (Å²) in [6.07, 6.45) is -2.55. The molecule has 0 saturated heterocycles. The number of halogens is 4. The molecule has 1 atom stereocenters. The lowest BCUT2D eigenvalue weighted by Crippen LogP contribution is -2.39. The molecule has 6 nitrogen and oxygen atoms in total. The molecule has 0 fully saturated rings. The highest BCUT2D eigenvalue weighted by Crippen LogP contribution is 2.35. The van der Waals surface area contributed by atoms with Gasteiger partial charge in [-0.25, -0.2) is 9.18 Å². The molecule has 1 aliphatic heterocycles. The van der Waals surface area contributed by atoms with Crippen molar-refractivity contribution in [3.8, 4) is 0 Å². The number of aliphatic hydroxyl groups is 1. The summed E-state index contributed by atoms with van der Waals surface area (Å²) in [7, 11) is 0. The van der Waals surface area contributed by atoms with Gasteiger partial charge in [0.15, 0.2) is 0 Å². The van der Waals surface area contributed by atoms with Crippen LogP contribution in [0.25, 0.3) is 5.57 Å². The third kappa shape index (κ3) is 4.98. The second-order valence-corrected chi connectivity index (χ2v) is 8.82. The Bertz CT molecular complexity index is 1230. The van der Waals surface area contributed by atoms with Gasteiger partial charge in [0.25, 0.3) is 0 Å². The highest BCUT2D eigenvalue weighted by molar-refractivity contribution is 7.12. The monoisotopic (exact) mass is 480 g/mol. The van der Waals surface area contributed by atoms with Gasteiger partial charge in [-0.05, 0) is 42.3 Å². The van der Waals surface area contributed by atoms with Gasteiger partial charge >= 0.3 is 11.9 Å². The van der Waals surface area contributed by atoms with E-state index in [0.717, 1.165) is 17.2 Å². The van der Waals surface area contributed by atoms with Gasteiger partial charge in [-0.1, -0.05) is 18.2 Å². The molecule has 1 N–H and O–H groups in total. The first-order chi connectivity index (χ1) is 15.7. The summed E-state index contributed by atoms with van der Waals surface area (Å²) >= 11 is 0.577. The van der Waals surface area contributed by atoms with E-state index in [1.165, 1.54) is 22.8 Å². The first-order valence-corrected chi connectivity index (χ1v) is 10.9. The number of hydrogen-bond donors (Lipinski definition) is 1. The second kappa shape index (κ2) is 9.06. The van der Waals surface area contributed by atoms with E-state index < -0.39 is 16.7 Å². The average Bonchev–Trinajstić information content (AvgIpc) is 3.26. The van der Waals surface area contributed by atoms with Gasteiger partial charge < -0.3 is 10.0 Å². The van der Waals surface area contributed by atoms with Crippen LogP contribution in [0.15, 0.2) is 47.3 Å². The van der Waals surface area contributed by atoms with E-state index in [4.69, 9.17) is 0 Å². The van der Waals surface area contributed by atoms with Crippen LogP contribution < -0.4 is 10.6 Å². The fourth-order valence-electron chi connectivity index (χ4n) is 3.74. The van der Waals surface area contributed by atoms with Crippen molar-refractivity contribution in [2.45, 2.75) is 19.6 Å². The molecule has 11 heteroatoms. The SMILES string of the molecule is Cc1nc(N2CC=C(c3ccc(F)cc3)C(CO)C2)nc(=O)n1Cc1ccc(C(F)(F)F)s1. The van der Waals surface area contributed by atoms with Crippen molar-refractivity contribution in [3.05, 3.63) is 79.9 Å². The number of thiophene rings is 1. The van der Waals surface area contributed by atoms with Crippen LogP contribution >= 0.6 is 11.3 Å². The Hall–Kier alpha value is -3.05. The first kappa shape index (κ1) is 23.1. The number of alkyl halides is 3. The summed E-state index contributed by atoms with van der Waals surface area (Å²) in [6.45, 7) is 2.11. The summed E-state index contributed by atoms with van der Waals surface area (Å²) in [5.41, 5.74) is 1.06. The maximum atomic E-state index is 13.2. The van der Waals surface area contributed by atoms with Crippen molar-refractivity contribution in [2.24, 2.45) is 5.92 Å². The summed E-state index contributed by atoms with van der Waals surface area (Å²) in [6, 6.07) is 8.34. The fourth-order valence-corrected chi connectivity index (χ4v) is 4.60. The van der Waals surface area contributed by atoms with Gasteiger partial charge in [-0.15, -0.1) is 11.3 Å². The number of aliphatic hydroxyl groups excluding tert-OH is 1. The Labute approximate surface area is 190 Å². The number of nitrogens with zero attached hydrogens (tertiary/aromatic N) is 4. The summed E-state index contributed by atoms with van der Waals surface area (Å²) in [5, 5.41) is 9.89. The van der Waals surface area contributed by atoms with Gasteiger partial charge in [0.05, 0.1) is 13.2 Å². The average molecular weight is 480 g/mol. The molecule has 33 heavy (non-hydrogen) atoms. The fraction of sp³-hybridized carbons (Fsp3) is 0.318. The van der Waals surface area contributed by atoms with E-state index in [9.17, 15) is 27.5 Å². The Balaban J connectivity index is 1.56. The molecule has 3 heterocycles. The minimum Gasteiger partial charge on any atom is -0.396 e. The van der Waals surface area contributed by atoms with Crippen molar-refractivity contribution in [1.82, 2.24) is 14.5 Å². The smallest absolute Gasteiger partial charge is 0.396 e. The van der Waals surface area contributed by atoms with Crippen molar-refractivity contribution in [2.75, 3.05) is 24.6 Å². The quantitative estimate of drug-likeness (QED) is 0.564. The molecule has 0 bridgehead atoms. The molecule has 2 aromatic heterocycles. The van der Waals surface area contributed by atoms with E-state index >= 15 is 0 Å². The molecule has 0 saturated carbocycles. The molecule has 1 aliphatic rings. The predicted molar refractivity (Wildman–Crippen MR) is 117 cm³/mol. The summed E-state index contributed by atoms with van der Waals surface area (Å²) in [4.78, 5) is 22.5. The van der Waals surface area contributed by atoms with E-state index in [0.29, 0.717) is 35.1 Å². The van der Waals surface area contributed by atoms with Gasteiger partial charge in [0.2, 0.25) is 5.95 Å². The largest absolute Gasteiger partial charge is 0.425 e. The maximum Gasteiger partial charge on any atom is 0.425 e. The van der Waals surface area contributed by atoms with Crippen LogP contribution in [0.5, 0.6) is 0 Å². The number of rotatable bonds is 5. The third-order valence-electron chi connectivity index (χ3n) is 5.43. The van der Waals surface area contributed by atoms with Gasteiger partial charge in [-0.2, -0.15) is 23.1 Å². The van der Waals surface area contributed by atoms with Crippen LogP contribution in [0.1, 0.15) is 21.1 Å². The minimum atomic E-state index is -4.43. The van der Waals surface area contributed by atoms with E-state index in [1.807, 2.05) is 6.08 Å². The molecule has 0 amide bonds. The number of anilines is 1. The van der Waals surface area contributed by atoms with E-state index in [1.54, 1.807) is 24.0 Å². The number of aryl methyl sites for hydroxylation is 1. The van der Waals surface area contributed by atoms with Crippen LogP contribution in [0.3, 0.4) is 0 Å². The van der Waals surface area contributed by atoms with E-state index in [-0.39, 0.29) is 30.8 Å².